The maximum absolute atomic E-state index is 8.89. The molecule has 0 spiro atoms. The van der Waals surface area contributed by atoms with Crippen molar-refractivity contribution in [2.45, 2.75) is 18.9 Å². The van der Waals surface area contributed by atoms with E-state index in [1.807, 2.05) is 30.3 Å². The zero-order valence-electron chi connectivity index (χ0n) is 10.7. The van der Waals surface area contributed by atoms with Gasteiger partial charge in [-0.1, -0.05) is 17.7 Å². The predicted molar refractivity (Wildman–Crippen MR) is 85.0 cm³/mol. The molecule has 0 aromatic heterocycles. The van der Waals surface area contributed by atoms with Gasteiger partial charge in [-0.25, -0.2) is 0 Å². The van der Waals surface area contributed by atoms with Crippen LogP contribution in [-0.2, 0) is 6.42 Å². The van der Waals surface area contributed by atoms with E-state index >= 15 is 0 Å². The van der Waals surface area contributed by atoms with Crippen molar-refractivity contribution < 1.29 is 0 Å². The van der Waals surface area contributed by atoms with E-state index in [1.165, 1.54) is 11.1 Å². The number of rotatable bonds is 2. The highest BCUT2D eigenvalue weighted by Gasteiger charge is 2.22. The van der Waals surface area contributed by atoms with Gasteiger partial charge in [-0.05, 0) is 70.2 Å². The van der Waals surface area contributed by atoms with Crippen LogP contribution in [0.25, 0.3) is 0 Å². The van der Waals surface area contributed by atoms with E-state index in [4.69, 9.17) is 16.9 Å². The average molecular weight is 348 g/mol. The van der Waals surface area contributed by atoms with Gasteiger partial charge >= 0.3 is 0 Å². The molecule has 2 aromatic rings. The van der Waals surface area contributed by atoms with Gasteiger partial charge in [-0.2, -0.15) is 5.26 Å². The fourth-order valence-corrected chi connectivity index (χ4v) is 3.31. The monoisotopic (exact) mass is 346 g/mol. The molecule has 1 aliphatic carbocycles. The van der Waals surface area contributed by atoms with E-state index in [2.05, 4.69) is 33.4 Å². The second-order valence-corrected chi connectivity index (χ2v) is 6.18. The van der Waals surface area contributed by atoms with Crippen molar-refractivity contribution in [1.82, 2.24) is 0 Å². The van der Waals surface area contributed by atoms with E-state index in [0.717, 1.165) is 28.0 Å². The van der Waals surface area contributed by atoms with Crippen LogP contribution in [0.4, 0.5) is 5.69 Å². The zero-order valence-corrected chi connectivity index (χ0v) is 13.0. The highest BCUT2D eigenvalue weighted by atomic mass is 79.9. The number of anilines is 1. The van der Waals surface area contributed by atoms with E-state index in [0.29, 0.717) is 11.6 Å². The van der Waals surface area contributed by atoms with E-state index in [-0.39, 0.29) is 0 Å². The molecule has 3 rings (SSSR count). The molecule has 0 saturated carbocycles. The highest BCUT2D eigenvalue weighted by molar-refractivity contribution is 9.10. The Labute approximate surface area is 131 Å². The lowest BCUT2D eigenvalue weighted by Gasteiger charge is -2.17. The number of fused-ring (bicyclic) bond motifs is 1. The lowest BCUT2D eigenvalue weighted by Crippen LogP contribution is -2.07. The summed E-state index contributed by atoms with van der Waals surface area (Å²) in [5.41, 5.74) is 4.29. The van der Waals surface area contributed by atoms with Gasteiger partial charge in [0.15, 0.2) is 0 Å². The maximum Gasteiger partial charge on any atom is 0.0992 e. The first kappa shape index (κ1) is 13.5. The van der Waals surface area contributed by atoms with E-state index < -0.39 is 0 Å². The molecule has 0 saturated heterocycles. The molecular formula is C16H12BrClN2. The Morgan fingerprint density at radius 2 is 2.10 bits per heavy atom. The molecule has 1 N–H and O–H groups in total. The molecule has 1 aliphatic rings. The minimum atomic E-state index is 0.298. The standard InChI is InChI=1S/C16H12BrClN2/c17-14-7-10(9-19)1-5-16(14)20-15-6-2-11-8-12(18)3-4-13(11)15/h1,3-5,7-8,15,20H,2,6H2. The molecule has 2 nitrogen and oxygen atoms in total. The minimum absolute atomic E-state index is 0.298. The number of benzene rings is 2. The van der Waals surface area contributed by atoms with Crippen LogP contribution >= 0.6 is 27.5 Å². The molecule has 100 valence electrons. The Kier molecular flexibility index (Phi) is 3.69. The van der Waals surface area contributed by atoms with Gasteiger partial charge in [0, 0.05) is 15.2 Å². The summed E-state index contributed by atoms with van der Waals surface area (Å²) in [4.78, 5) is 0. The van der Waals surface area contributed by atoms with E-state index in [1.54, 1.807) is 0 Å². The lowest BCUT2D eigenvalue weighted by atomic mass is 10.1. The Hall–Kier alpha value is -1.50. The summed E-state index contributed by atoms with van der Waals surface area (Å²) < 4.78 is 0.916. The van der Waals surface area contributed by atoms with Crippen LogP contribution in [-0.4, -0.2) is 0 Å². The van der Waals surface area contributed by atoms with Gasteiger partial charge in [0.05, 0.1) is 17.7 Å². The molecule has 0 fully saturated rings. The third-order valence-electron chi connectivity index (χ3n) is 3.61. The Bertz CT molecular complexity index is 706. The van der Waals surface area contributed by atoms with Crippen molar-refractivity contribution >= 4 is 33.2 Å². The first-order valence-corrected chi connectivity index (χ1v) is 7.59. The molecule has 2 aromatic carbocycles. The van der Waals surface area contributed by atoms with Crippen LogP contribution in [0.2, 0.25) is 5.02 Å². The highest BCUT2D eigenvalue weighted by Crippen LogP contribution is 2.37. The Morgan fingerprint density at radius 1 is 1.25 bits per heavy atom. The van der Waals surface area contributed by atoms with Gasteiger partial charge in [0.1, 0.15) is 0 Å². The maximum atomic E-state index is 8.89. The molecule has 0 bridgehead atoms. The fraction of sp³-hybridized carbons (Fsp3) is 0.188. The third kappa shape index (κ3) is 2.54. The smallest absolute Gasteiger partial charge is 0.0992 e. The molecule has 4 heteroatoms. The first-order chi connectivity index (χ1) is 9.67. The summed E-state index contributed by atoms with van der Waals surface area (Å²) in [6, 6.07) is 14.1. The summed E-state index contributed by atoms with van der Waals surface area (Å²) in [5, 5.41) is 13.2. The molecule has 1 atom stereocenters. The van der Waals surface area contributed by atoms with Crippen LogP contribution in [0.1, 0.15) is 29.2 Å². The number of nitrogens with zero attached hydrogens (tertiary/aromatic N) is 1. The van der Waals surface area contributed by atoms with Gasteiger partial charge in [-0.15, -0.1) is 0 Å². The summed E-state index contributed by atoms with van der Waals surface area (Å²) >= 11 is 9.54. The van der Waals surface area contributed by atoms with Gasteiger partial charge in [0.2, 0.25) is 0 Å². The molecule has 1 unspecified atom stereocenters. The fourth-order valence-electron chi connectivity index (χ4n) is 2.63. The summed E-state index contributed by atoms with van der Waals surface area (Å²) in [7, 11) is 0. The molecule has 0 heterocycles. The van der Waals surface area contributed by atoms with Gasteiger partial charge in [0.25, 0.3) is 0 Å². The normalized spacial score (nSPS) is 16.6. The van der Waals surface area contributed by atoms with Crippen LogP contribution in [0, 0.1) is 11.3 Å². The van der Waals surface area contributed by atoms with Crippen molar-refractivity contribution in [3.63, 3.8) is 0 Å². The predicted octanol–water partition coefficient (Wildman–Crippen LogP) is 5.07. The number of halogens is 2. The van der Waals surface area contributed by atoms with Crippen LogP contribution in [0.5, 0.6) is 0 Å². The number of hydrogen-bond acceptors (Lipinski definition) is 2. The van der Waals surface area contributed by atoms with Crippen LogP contribution in [0.3, 0.4) is 0 Å². The number of hydrogen-bond donors (Lipinski definition) is 1. The Balaban J connectivity index is 1.86. The summed E-state index contributed by atoms with van der Waals surface area (Å²) in [6.45, 7) is 0. The van der Waals surface area contributed by atoms with E-state index in [9.17, 15) is 0 Å². The molecule has 20 heavy (non-hydrogen) atoms. The zero-order chi connectivity index (χ0) is 14.1. The average Bonchev–Trinajstić information content (AvgIpc) is 2.83. The number of nitriles is 1. The first-order valence-electron chi connectivity index (χ1n) is 6.42. The lowest BCUT2D eigenvalue weighted by molar-refractivity contribution is 0.761. The Morgan fingerprint density at radius 3 is 2.85 bits per heavy atom. The minimum Gasteiger partial charge on any atom is -0.377 e. The van der Waals surface area contributed by atoms with Crippen molar-refractivity contribution in [2.24, 2.45) is 0 Å². The second kappa shape index (κ2) is 5.47. The summed E-state index contributed by atoms with van der Waals surface area (Å²) in [5.74, 6) is 0. The van der Waals surface area contributed by atoms with Crippen LogP contribution in [0.15, 0.2) is 40.9 Å². The molecule has 0 amide bonds. The van der Waals surface area contributed by atoms with Gasteiger partial charge < -0.3 is 5.32 Å². The SMILES string of the molecule is N#Cc1ccc(NC2CCc3cc(Cl)ccc32)c(Br)c1. The quantitative estimate of drug-likeness (QED) is 0.823. The van der Waals surface area contributed by atoms with Crippen molar-refractivity contribution in [1.29, 1.82) is 5.26 Å². The summed E-state index contributed by atoms with van der Waals surface area (Å²) in [6.07, 6.45) is 2.10. The molecular weight excluding hydrogens is 336 g/mol. The van der Waals surface area contributed by atoms with Crippen molar-refractivity contribution in [2.75, 3.05) is 5.32 Å². The van der Waals surface area contributed by atoms with Crippen molar-refractivity contribution in [3.8, 4) is 6.07 Å². The van der Waals surface area contributed by atoms with Crippen molar-refractivity contribution in [3.05, 3.63) is 62.6 Å². The van der Waals surface area contributed by atoms with Crippen LogP contribution < -0.4 is 5.32 Å². The topological polar surface area (TPSA) is 35.8 Å². The third-order valence-corrected chi connectivity index (χ3v) is 4.50. The largest absolute Gasteiger partial charge is 0.377 e. The second-order valence-electron chi connectivity index (χ2n) is 4.89. The van der Waals surface area contributed by atoms with Gasteiger partial charge in [-0.3, -0.25) is 0 Å². The number of aryl methyl sites for hydroxylation is 1. The molecule has 0 aliphatic heterocycles. The number of nitrogens with one attached hydrogen (secondary N) is 1. The molecule has 0 radical (unpaired) electrons.